The molecule has 1 aromatic carbocycles. The third kappa shape index (κ3) is 3.79. The maximum atomic E-state index is 6.08. The highest BCUT2D eigenvalue weighted by molar-refractivity contribution is 6.45. The molecule has 0 N–H and O–H groups in total. The summed E-state index contributed by atoms with van der Waals surface area (Å²) in [6.45, 7) is 13.0. The molecule has 0 aliphatic carbocycles. The van der Waals surface area contributed by atoms with Crippen LogP contribution >= 0.6 is 0 Å². The minimum absolute atomic E-state index is 0.104. The Balaban J connectivity index is 1.52. The van der Waals surface area contributed by atoms with Gasteiger partial charge in [-0.15, -0.1) is 0 Å². The van der Waals surface area contributed by atoms with Crippen LogP contribution in [0.4, 0.5) is 5.69 Å². The smallest absolute Gasteiger partial charge is 0.403 e. The molecule has 0 atom stereocenters. The molecule has 0 saturated carbocycles. The molecule has 2 aliphatic rings. The van der Waals surface area contributed by atoms with Gasteiger partial charge >= 0.3 is 7.12 Å². The van der Waals surface area contributed by atoms with E-state index in [1.807, 2.05) is 0 Å². The van der Waals surface area contributed by atoms with Gasteiger partial charge in [0.15, 0.2) is 0 Å². The zero-order chi connectivity index (χ0) is 17.4. The molecule has 5 heteroatoms. The van der Waals surface area contributed by atoms with Crippen molar-refractivity contribution in [2.45, 2.75) is 51.6 Å². The summed E-state index contributed by atoms with van der Waals surface area (Å²) in [5, 5.41) is 0. The lowest BCUT2D eigenvalue weighted by Crippen LogP contribution is -2.44. The number of rotatable bonds is 4. The summed E-state index contributed by atoms with van der Waals surface area (Å²) >= 11 is 0. The lowest BCUT2D eigenvalue weighted by Gasteiger charge is -2.34. The van der Waals surface area contributed by atoms with Gasteiger partial charge in [0.05, 0.1) is 11.2 Å². The van der Waals surface area contributed by atoms with Gasteiger partial charge in [0.2, 0.25) is 0 Å². The first-order valence-corrected chi connectivity index (χ1v) is 9.15. The second-order valence-corrected chi connectivity index (χ2v) is 8.18. The Labute approximate surface area is 147 Å². The third-order valence-corrected chi connectivity index (χ3v) is 5.78. The molecule has 3 rings (SSSR count). The predicted molar refractivity (Wildman–Crippen MR) is 101 cm³/mol. The van der Waals surface area contributed by atoms with E-state index < -0.39 is 0 Å². The number of anilines is 1. The lowest BCUT2D eigenvalue weighted by atomic mass is 9.81. The minimum atomic E-state index is -0.233. The van der Waals surface area contributed by atoms with Gasteiger partial charge in [-0.1, -0.05) is 12.1 Å². The molecule has 2 heterocycles. The van der Waals surface area contributed by atoms with Crippen LogP contribution in [0.1, 0.15) is 33.3 Å². The molecule has 2 saturated heterocycles. The van der Waals surface area contributed by atoms with Crippen molar-refractivity contribution in [3.63, 3.8) is 0 Å². The molecular formula is C19H31BN2O2. The van der Waals surface area contributed by atoms with E-state index in [4.69, 9.17) is 9.31 Å². The van der Waals surface area contributed by atoms with Crippen LogP contribution in [0.25, 0.3) is 0 Å². The van der Waals surface area contributed by atoms with Crippen molar-refractivity contribution in [3.05, 3.63) is 29.8 Å². The summed E-state index contributed by atoms with van der Waals surface area (Å²) in [5.74, 6) is 0. The van der Waals surface area contributed by atoms with Gasteiger partial charge in [0, 0.05) is 31.9 Å². The minimum Gasteiger partial charge on any atom is -0.403 e. The number of hydrogen-bond donors (Lipinski definition) is 0. The molecule has 0 radical (unpaired) electrons. The standard InChI is InChI=1S/C19H31BN2O2/c1-18(2)19(3,4)24-20(23-18)11-10-16-6-8-17(9-7-16)22-14-12-21(5)13-15-22/h6-9H,10-15H2,1-5H3. The van der Waals surface area contributed by atoms with Crippen LogP contribution in [0, 0.1) is 0 Å². The SMILES string of the molecule is CN1CCN(c2ccc(CCB3OC(C)(C)C(C)(C)O3)cc2)CC1. The molecular weight excluding hydrogens is 299 g/mol. The van der Waals surface area contributed by atoms with Crippen molar-refractivity contribution >= 4 is 12.8 Å². The highest BCUT2D eigenvalue weighted by Crippen LogP contribution is 2.38. The maximum absolute atomic E-state index is 6.08. The molecule has 24 heavy (non-hydrogen) atoms. The third-order valence-electron chi connectivity index (χ3n) is 5.78. The van der Waals surface area contributed by atoms with Crippen LogP contribution in [-0.4, -0.2) is 56.4 Å². The van der Waals surface area contributed by atoms with Crippen molar-refractivity contribution in [2.24, 2.45) is 0 Å². The number of aryl methyl sites for hydroxylation is 1. The number of nitrogens with zero attached hydrogens (tertiary/aromatic N) is 2. The van der Waals surface area contributed by atoms with Crippen molar-refractivity contribution in [1.29, 1.82) is 0 Å². The van der Waals surface area contributed by atoms with Gasteiger partial charge in [-0.2, -0.15) is 0 Å². The summed E-state index contributed by atoms with van der Waals surface area (Å²) in [6, 6.07) is 9.01. The number of likely N-dealkylation sites (N-methyl/N-ethyl adjacent to an activating group) is 1. The van der Waals surface area contributed by atoms with Crippen LogP contribution in [0.15, 0.2) is 24.3 Å². The Morgan fingerprint density at radius 2 is 1.46 bits per heavy atom. The quantitative estimate of drug-likeness (QED) is 0.792. The first-order valence-electron chi connectivity index (χ1n) is 9.15. The lowest BCUT2D eigenvalue weighted by molar-refractivity contribution is 0.00578. The molecule has 1 aromatic rings. The molecule has 0 amide bonds. The van der Waals surface area contributed by atoms with Crippen LogP contribution < -0.4 is 4.90 Å². The molecule has 2 fully saturated rings. The normalized spacial score (nSPS) is 23.7. The van der Waals surface area contributed by atoms with Gasteiger partial charge in [-0.05, 0) is 65.2 Å². The van der Waals surface area contributed by atoms with Crippen molar-refractivity contribution in [1.82, 2.24) is 4.90 Å². The van der Waals surface area contributed by atoms with Gasteiger partial charge in [-0.3, -0.25) is 0 Å². The van der Waals surface area contributed by atoms with E-state index in [0.717, 1.165) is 38.9 Å². The maximum Gasteiger partial charge on any atom is 0.458 e. The Bertz CT molecular complexity index is 535. The van der Waals surface area contributed by atoms with E-state index >= 15 is 0 Å². The second kappa shape index (κ2) is 6.70. The van der Waals surface area contributed by atoms with Crippen molar-refractivity contribution in [2.75, 3.05) is 38.1 Å². The summed E-state index contributed by atoms with van der Waals surface area (Å²) < 4.78 is 12.2. The van der Waals surface area contributed by atoms with Gasteiger partial charge in [-0.25, -0.2) is 0 Å². The fourth-order valence-electron chi connectivity index (χ4n) is 3.31. The van der Waals surface area contributed by atoms with Gasteiger partial charge in [0.25, 0.3) is 0 Å². The fraction of sp³-hybridized carbons (Fsp3) is 0.684. The molecule has 4 nitrogen and oxygen atoms in total. The molecule has 0 spiro atoms. The summed E-state index contributed by atoms with van der Waals surface area (Å²) in [6.07, 6.45) is 1.89. The van der Waals surface area contributed by atoms with E-state index in [9.17, 15) is 0 Å². The highest BCUT2D eigenvalue weighted by atomic mass is 16.7. The molecule has 0 bridgehead atoms. The van der Waals surface area contributed by atoms with Crippen LogP contribution in [0.5, 0.6) is 0 Å². The topological polar surface area (TPSA) is 24.9 Å². The molecule has 132 valence electrons. The predicted octanol–water partition coefficient (Wildman–Crippen LogP) is 3.07. The number of hydrogen-bond acceptors (Lipinski definition) is 4. The summed E-state index contributed by atoms with van der Waals surface area (Å²) in [4.78, 5) is 4.85. The van der Waals surface area contributed by atoms with Crippen LogP contribution in [0.3, 0.4) is 0 Å². The summed E-state index contributed by atoms with van der Waals surface area (Å²) in [5.41, 5.74) is 2.22. The Morgan fingerprint density at radius 1 is 0.917 bits per heavy atom. The molecule has 0 unspecified atom stereocenters. The molecule has 2 aliphatic heterocycles. The first kappa shape index (κ1) is 17.8. The monoisotopic (exact) mass is 330 g/mol. The van der Waals surface area contributed by atoms with Gasteiger partial charge in [0.1, 0.15) is 0 Å². The van der Waals surface area contributed by atoms with E-state index in [1.165, 1.54) is 11.3 Å². The number of piperazine rings is 1. The largest absolute Gasteiger partial charge is 0.458 e. The Hall–Kier alpha value is -1.04. The van der Waals surface area contributed by atoms with E-state index in [-0.39, 0.29) is 18.3 Å². The van der Waals surface area contributed by atoms with E-state index in [1.54, 1.807) is 0 Å². The van der Waals surface area contributed by atoms with Crippen LogP contribution in [0.2, 0.25) is 6.32 Å². The Morgan fingerprint density at radius 3 is 2.00 bits per heavy atom. The van der Waals surface area contributed by atoms with Crippen molar-refractivity contribution in [3.8, 4) is 0 Å². The molecule has 0 aromatic heterocycles. The number of benzene rings is 1. The average Bonchev–Trinajstić information content (AvgIpc) is 2.74. The average molecular weight is 330 g/mol. The van der Waals surface area contributed by atoms with Gasteiger partial charge < -0.3 is 19.1 Å². The van der Waals surface area contributed by atoms with E-state index in [0.29, 0.717) is 0 Å². The zero-order valence-corrected chi connectivity index (χ0v) is 15.8. The van der Waals surface area contributed by atoms with E-state index in [2.05, 4.69) is 68.8 Å². The zero-order valence-electron chi connectivity index (χ0n) is 15.8. The summed E-state index contributed by atoms with van der Waals surface area (Å²) in [7, 11) is 2.09. The Kier molecular flexibility index (Phi) is 4.96. The second-order valence-electron chi connectivity index (χ2n) is 8.18. The fourth-order valence-corrected chi connectivity index (χ4v) is 3.31. The highest BCUT2D eigenvalue weighted by Gasteiger charge is 2.50. The van der Waals surface area contributed by atoms with Crippen molar-refractivity contribution < 1.29 is 9.31 Å². The van der Waals surface area contributed by atoms with Crippen LogP contribution in [-0.2, 0) is 15.7 Å². The first-order chi connectivity index (χ1) is 11.3.